The number of aliphatic carboxylic acids is 1. The normalized spacial score (nSPS) is 19.2. The number of benzene rings is 1. The molecule has 184 valence electrons. The number of fused-ring (bicyclic) bond motifs is 1. The summed E-state index contributed by atoms with van der Waals surface area (Å²) < 4.78 is 56.3. The lowest BCUT2D eigenvalue weighted by Gasteiger charge is -2.33. The number of rotatable bonds is 5. The number of hydrogen-bond acceptors (Lipinski definition) is 4. The highest BCUT2D eigenvalue weighted by molar-refractivity contribution is 6.30. The van der Waals surface area contributed by atoms with Crippen LogP contribution in [0.3, 0.4) is 0 Å². The number of carbonyl (C=O) groups is 2. The van der Waals surface area contributed by atoms with Gasteiger partial charge in [0.15, 0.2) is 5.69 Å². The maximum Gasteiger partial charge on any atom is 0.435 e. The lowest BCUT2D eigenvalue weighted by Crippen LogP contribution is -2.47. The van der Waals surface area contributed by atoms with Crippen molar-refractivity contribution in [1.82, 2.24) is 19.6 Å². The number of hydrogen-bond donors (Lipinski definition) is 1. The standard InChI is InChI=1S/C22H23ClF4N4O3/c23-15-4-3-13(17(24)8-15)10-31-18-11-30(7-5-16(18)20(28-31)22(25,26)27)19(32)12-29-6-1-2-14(9-29)21(33)34/h3-4,8,14H,1-2,5-7,9-12H2,(H,33,34). The largest absolute Gasteiger partial charge is 0.481 e. The Hall–Kier alpha value is -2.66. The fourth-order valence-corrected chi connectivity index (χ4v) is 4.71. The van der Waals surface area contributed by atoms with Gasteiger partial charge in [-0.3, -0.25) is 19.2 Å². The first-order chi connectivity index (χ1) is 16.0. The van der Waals surface area contributed by atoms with Gasteiger partial charge < -0.3 is 10.0 Å². The summed E-state index contributed by atoms with van der Waals surface area (Å²) in [4.78, 5) is 27.4. The topological polar surface area (TPSA) is 78.7 Å². The van der Waals surface area contributed by atoms with Gasteiger partial charge in [0.1, 0.15) is 5.82 Å². The van der Waals surface area contributed by atoms with Crippen molar-refractivity contribution in [2.45, 2.75) is 38.5 Å². The van der Waals surface area contributed by atoms with E-state index in [9.17, 15) is 32.3 Å². The molecule has 2 aliphatic heterocycles. The molecule has 1 unspecified atom stereocenters. The van der Waals surface area contributed by atoms with E-state index in [-0.39, 0.29) is 66.9 Å². The van der Waals surface area contributed by atoms with E-state index in [4.69, 9.17) is 11.6 Å². The van der Waals surface area contributed by atoms with E-state index >= 15 is 0 Å². The molecular formula is C22H23ClF4N4O3. The predicted octanol–water partition coefficient (Wildman–Crippen LogP) is 3.42. The van der Waals surface area contributed by atoms with Crippen LogP contribution < -0.4 is 0 Å². The van der Waals surface area contributed by atoms with Gasteiger partial charge in [-0.15, -0.1) is 0 Å². The molecule has 1 aromatic carbocycles. The number of aromatic nitrogens is 2. The van der Waals surface area contributed by atoms with Crippen LogP contribution in [0.15, 0.2) is 18.2 Å². The van der Waals surface area contributed by atoms with E-state index in [0.29, 0.717) is 19.4 Å². The van der Waals surface area contributed by atoms with E-state index in [1.165, 1.54) is 17.0 Å². The monoisotopic (exact) mass is 502 g/mol. The van der Waals surface area contributed by atoms with Crippen molar-refractivity contribution in [3.63, 3.8) is 0 Å². The number of nitrogens with zero attached hydrogens (tertiary/aromatic N) is 4. The zero-order valence-electron chi connectivity index (χ0n) is 18.1. The number of amides is 1. The smallest absolute Gasteiger partial charge is 0.435 e. The highest BCUT2D eigenvalue weighted by Gasteiger charge is 2.41. The molecule has 0 saturated carbocycles. The van der Waals surface area contributed by atoms with E-state index in [2.05, 4.69) is 5.10 Å². The van der Waals surface area contributed by atoms with Crippen LogP contribution in [0.4, 0.5) is 17.6 Å². The van der Waals surface area contributed by atoms with Crippen LogP contribution in [-0.4, -0.2) is 62.7 Å². The number of carbonyl (C=O) groups excluding carboxylic acids is 1. The van der Waals surface area contributed by atoms with Gasteiger partial charge in [-0.25, -0.2) is 4.39 Å². The Morgan fingerprint density at radius 1 is 1.24 bits per heavy atom. The van der Waals surface area contributed by atoms with Crippen LogP contribution in [0, 0.1) is 11.7 Å². The quantitative estimate of drug-likeness (QED) is 0.634. The minimum absolute atomic E-state index is 0.00874. The van der Waals surface area contributed by atoms with E-state index in [0.717, 1.165) is 10.7 Å². The second-order valence-electron chi connectivity index (χ2n) is 8.64. The van der Waals surface area contributed by atoms with Gasteiger partial charge in [-0.2, -0.15) is 18.3 Å². The van der Waals surface area contributed by atoms with Crippen molar-refractivity contribution in [3.8, 4) is 0 Å². The maximum atomic E-state index is 14.3. The van der Waals surface area contributed by atoms with Gasteiger partial charge in [0.2, 0.25) is 5.91 Å². The van der Waals surface area contributed by atoms with Gasteiger partial charge in [-0.05, 0) is 37.9 Å². The number of likely N-dealkylation sites (tertiary alicyclic amines) is 1. The molecule has 4 rings (SSSR count). The Kier molecular flexibility index (Phi) is 6.86. The van der Waals surface area contributed by atoms with Crippen molar-refractivity contribution in [1.29, 1.82) is 0 Å². The minimum Gasteiger partial charge on any atom is -0.481 e. The predicted molar refractivity (Wildman–Crippen MR) is 114 cm³/mol. The summed E-state index contributed by atoms with van der Waals surface area (Å²) in [5, 5.41) is 13.1. The van der Waals surface area contributed by atoms with Gasteiger partial charge in [0.05, 0.1) is 31.2 Å². The molecule has 0 bridgehead atoms. The van der Waals surface area contributed by atoms with Gasteiger partial charge >= 0.3 is 12.1 Å². The average Bonchev–Trinajstić information content (AvgIpc) is 3.14. The third-order valence-corrected chi connectivity index (χ3v) is 6.54. The Labute approximate surface area is 197 Å². The molecule has 1 fully saturated rings. The van der Waals surface area contributed by atoms with Crippen LogP contribution in [-0.2, 0) is 35.3 Å². The molecule has 34 heavy (non-hydrogen) atoms. The summed E-state index contributed by atoms with van der Waals surface area (Å²) in [6, 6.07) is 3.91. The second-order valence-corrected chi connectivity index (χ2v) is 9.08. The van der Waals surface area contributed by atoms with Crippen molar-refractivity contribution in [2.75, 3.05) is 26.2 Å². The zero-order valence-corrected chi connectivity index (χ0v) is 18.9. The Balaban J connectivity index is 1.55. The number of halogens is 5. The zero-order chi connectivity index (χ0) is 24.6. The second kappa shape index (κ2) is 9.53. The van der Waals surface area contributed by atoms with Crippen LogP contribution in [0.2, 0.25) is 5.02 Å². The number of carboxylic acid groups (broad SMARTS) is 1. The van der Waals surface area contributed by atoms with Crippen LogP contribution >= 0.6 is 11.6 Å². The molecule has 7 nitrogen and oxygen atoms in total. The van der Waals surface area contributed by atoms with Crippen molar-refractivity contribution in [2.24, 2.45) is 5.92 Å². The molecule has 2 aromatic rings. The van der Waals surface area contributed by atoms with E-state index in [1.807, 2.05) is 0 Å². The molecule has 1 saturated heterocycles. The Bertz CT molecular complexity index is 1100. The first-order valence-electron chi connectivity index (χ1n) is 10.9. The average molecular weight is 503 g/mol. The van der Waals surface area contributed by atoms with Crippen molar-refractivity contribution < 1.29 is 32.3 Å². The van der Waals surface area contributed by atoms with E-state index in [1.54, 1.807) is 4.90 Å². The van der Waals surface area contributed by atoms with Gasteiger partial charge in [-0.1, -0.05) is 17.7 Å². The highest BCUT2D eigenvalue weighted by Crippen LogP contribution is 2.35. The third-order valence-electron chi connectivity index (χ3n) is 6.31. The summed E-state index contributed by atoms with van der Waals surface area (Å²) in [6.45, 7) is 0.586. The summed E-state index contributed by atoms with van der Waals surface area (Å²) in [7, 11) is 0. The molecule has 2 aliphatic rings. The van der Waals surface area contributed by atoms with Crippen molar-refractivity contribution in [3.05, 3.63) is 51.6 Å². The molecule has 0 radical (unpaired) electrons. The summed E-state index contributed by atoms with van der Waals surface area (Å²) >= 11 is 5.77. The molecule has 1 N–H and O–H groups in total. The molecule has 0 spiro atoms. The lowest BCUT2D eigenvalue weighted by atomic mass is 9.98. The van der Waals surface area contributed by atoms with Gasteiger partial charge in [0.25, 0.3) is 0 Å². The molecule has 1 amide bonds. The molecular weight excluding hydrogens is 480 g/mol. The SMILES string of the molecule is O=C(O)C1CCCN(CC(=O)N2CCc3c(C(F)(F)F)nn(Cc4ccc(Cl)cc4F)c3C2)C1. The third kappa shape index (κ3) is 5.20. The molecule has 0 aliphatic carbocycles. The fourth-order valence-electron chi connectivity index (χ4n) is 4.55. The summed E-state index contributed by atoms with van der Waals surface area (Å²) in [5.74, 6) is -2.40. The number of alkyl halides is 3. The van der Waals surface area contributed by atoms with E-state index < -0.39 is 29.6 Å². The molecule has 1 aromatic heterocycles. The Morgan fingerprint density at radius 3 is 2.68 bits per heavy atom. The molecule has 12 heteroatoms. The molecule has 1 atom stereocenters. The van der Waals surface area contributed by atoms with Crippen molar-refractivity contribution >= 4 is 23.5 Å². The minimum atomic E-state index is -4.68. The van der Waals surface area contributed by atoms with Crippen LogP contribution in [0.25, 0.3) is 0 Å². The maximum absolute atomic E-state index is 14.3. The first-order valence-corrected chi connectivity index (χ1v) is 11.2. The first kappa shape index (κ1) is 24.5. The number of carboxylic acids is 1. The van der Waals surface area contributed by atoms with Gasteiger partial charge in [0, 0.05) is 29.2 Å². The van der Waals surface area contributed by atoms with Crippen LogP contribution in [0.1, 0.15) is 35.4 Å². The lowest BCUT2D eigenvalue weighted by molar-refractivity contribution is -0.145. The molecule has 3 heterocycles. The highest BCUT2D eigenvalue weighted by atomic mass is 35.5. The fraction of sp³-hybridized carbons (Fsp3) is 0.500. The van der Waals surface area contributed by atoms with Crippen LogP contribution in [0.5, 0.6) is 0 Å². The summed E-state index contributed by atoms with van der Waals surface area (Å²) in [6.07, 6.45) is -3.51. The Morgan fingerprint density at radius 2 is 2.00 bits per heavy atom. The number of piperidine rings is 1. The summed E-state index contributed by atoms with van der Waals surface area (Å²) in [5.41, 5.74) is -0.678.